The average Bonchev–Trinajstić information content (AvgIpc) is 3.13. The zero-order chi connectivity index (χ0) is 17.9. The quantitative estimate of drug-likeness (QED) is 0.696. The minimum Gasteiger partial charge on any atom is -0.478 e. The van der Waals surface area contributed by atoms with Crippen LogP contribution in [0.1, 0.15) is 27.7 Å². The van der Waals surface area contributed by atoms with Gasteiger partial charge in [0.05, 0.1) is 6.04 Å². The Balaban J connectivity index is 1.89. The van der Waals surface area contributed by atoms with Crippen molar-refractivity contribution in [1.29, 1.82) is 0 Å². The van der Waals surface area contributed by atoms with Crippen molar-refractivity contribution < 1.29 is 4.74 Å². The van der Waals surface area contributed by atoms with E-state index in [9.17, 15) is 0 Å². The van der Waals surface area contributed by atoms with Gasteiger partial charge in [0, 0.05) is 5.41 Å². The van der Waals surface area contributed by atoms with Crippen molar-refractivity contribution in [3.8, 4) is 0 Å². The number of rotatable bonds is 6. The molecule has 0 N–H and O–H groups in total. The second-order valence-corrected chi connectivity index (χ2v) is 9.90. The van der Waals surface area contributed by atoms with Crippen LogP contribution in [0.3, 0.4) is 0 Å². The van der Waals surface area contributed by atoms with E-state index in [4.69, 9.17) is 9.73 Å². The van der Waals surface area contributed by atoms with Gasteiger partial charge in [0.25, 0.3) is 0 Å². The molecule has 2 aromatic rings. The maximum absolute atomic E-state index is 6.02. The highest BCUT2D eigenvalue weighted by molar-refractivity contribution is 7.73. The Kier molecular flexibility index (Phi) is 5.59. The Labute approximate surface area is 153 Å². The monoisotopic (exact) mass is 353 g/mol. The molecule has 0 unspecified atom stereocenters. The van der Waals surface area contributed by atoms with Gasteiger partial charge in [-0.15, -0.1) is 0 Å². The van der Waals surface area contributed by atoms with Crippen LogP contribution in [0, 0.1) is 11.3 Å². The lowest BCUT2D eigenvalue weighted by Crippen LogP contribution is -2.31. The van der Waals surface area contributed by atoms with E-state index in [1.54, 1.807) is 0 Å². The standard InChI is InChI=1S/C22H28NOP/c1-17(2)20-15-24-21(23-20)22(3,4)16-25(18-11-7-5-8-12-18)19-13-9-6-10-14-19/h5-14,17,20H,15-16H2,1-4H3/t20-/m0/s1. The summed E-state index contributed by atoms with van der Waals surface area (Å²) in [7, 11) is -0.445. The first kappa shape index (κ1) is 18.1. The van der Waals surface area contributed by atoms with E-state index in [2.05, 4.69) is 88.4 Å². The molecule has 0 radical (unpaired) electrons. The smallest absolute Gasteiger partial charge is 0.189 e. The Morgan fingerprint density at radius 3 is 1.96 bits per heavy atom. The number of aliphatic imine (C=N–C) groups is 1. The summed E-state index contributed by atoms with van der Waals surface area (Å²) in [5.74, 6) is 1.46. The van der Waals surface area contributed by atoms with Crippen LogP contribution in [0.4, 0.5) is 0 Å². The van der Waals surface area contributed by atoms with Gasteiger partial charge >= 0.3 is 0 Å². The first-order chi connectivity index (χ1) is 12.0. The molecule has 3 heteroatoms. The van der Waals surface area contributed by atoms with Crippen LogP contribution in [0.25, 0.3) is 0 Å². The molecule has 1 atom stereocenters. The lowest BCUT2D eigenvalue weighted by Gasteiger charge is -2.30. The average molecular weight is 353 g/mol. The number of nitrogens with zero attached hydrogens (tertiary/aromatic N) is 1. The summed E-state index contributed by atoms with van der Waals surface area (Å²) >= 11 is 0. The Morgan fingerprint density at radius 2 is 1.52 bits per heavy atom. The molecule has 0 saturated carbocycles. The molecular formula is C22H28NOP. The van der Waals surface area contributed by atoms with E-state index in [1.165, 1.54) is 10.6 Å². The molecule has 2 nitrogen and oxygen atoms in total. The summed E-state index contributed by atoms with van der Waals surface area (Å²) in [6.07, 6.45) is 1.04. The minimum absolute atomic E-state index is 0.0684. The maximum atomic E-state index is 6.02. The van der Waals surface area contributed by atoms with Gasteiger partial charge in [0.2, 0.25) is 0 Å². The molecule has 0 bridgehead atoms. The van der Waals surface area contributed by atoms with Gasteiger partial charge in [0.15, 0.2) is 5.90 Å². The van der Waals surface area contributed by atoms with E-state index in [0.29, 0.717) is 12.0 Å². The zero-order valence-corrected chi connectivity index (χ0v) is 16.5. The molecule has 1 aliphatic rings. The van der Waals surface area contributed by atoms with Gasteiger partial charge < -0.3 is 4.74 Å². The molecule has 1 heterocycles. The van der Waals surface area contributed by atoms with Crippen LogP contribution in [-0.4, -0.2) is 24.7 Å². The van der Waals surface area contributed by atoms with Gasteiger partial charge in [-0.25, -0.2) is 4.99 Å². The second kappa shape index (κ2) is 7.70. The second-order valence-electron chi connectivity index (χ2n) is 7.70. The molecule has 1 aliphatic heterocycles. The molecule has 3 rings (SSSR count). The van der Waals surface area contributed by atoms with Crippen LogP contribution < -0.4 is 10.6 Å². The fraction of sp³-hybridized carbons (Fsp3) is 0.409. The van der Waals surface area contributed by atoms with Gasteiger partial charge in [-0.2, -0.15) is 0 Å². The van der Waals surface area contributed by atoms with E-state index in [1.807, 2.05) is 0 Å². The molecule has 0 saturated heterocycles. The normalized spacial score (nSPS) is 17.7. The Morgan fingerprint density at radius 1 is 1.00 bits per heavy atom. The fourth-order valence-electron chi connectivity index (χ4n) is 3.11. The van der Waals surface area contributed by atoms with Crippen molar-refractivity contribution in [2.24, 2.45) is 16.3 Å². The summed E-state index contributed by atoms with van der Waals surface area (Å²) in [6, 6.07) is 22.0. The molecule has 0 fully saturated rings. The van der Waals surface area contributed by atoms with Crippen molar-refractivity contribution in [3.63, 3.8) is 0 Å². The van der Waals surface area contributed by atoms with Crippen LogP contribution in [0.15, 0.2) is 65.7 Å². The van der Waals surface area contributed by atoms with E-state index in [-0.39, 0.29) is 5.41 Å². The number of benzene rings is 2. The highest BCUT2D eigenvalue weighted by Crippen LogP contribution is 2.42. The number of hydrogen-bond acceptors (Lipinski definition) is 2. The van der Waals surface area contributed by atoms with Gasteiger partial charge in [0.1, 0.15) is 6.61 Å². The van der Waals surface area contributed by atoms with E-state index < -0.39 is 7.92 Å². The van der Waals surface area contributed by atoms with Crippen LogP contribution in [0.2, 0.25) is 0 Å². The number of hydrogen-bond donors (Lipinski definition) is 0. The highest BCUT2D eigenvalue weighted by Gasteiger charge is 2.36. The van der Waals surface area contributed by atoms with E-state index in [0.717, 1.165) is 18.7 Å². The highest BCUT2D eigenvalue weighted by atomic mass is 31.1. The van der Waals surface area contributed by atoms with Gasteiger partial charge in [-0.05, 0) is 30.6 Å². The SMILES string of the molecule is CC(C)[C@@H]1COC(C(C)(C)CP(c2ccccc2)c2ccccc2)=N1. The van der Waals surface area contributed by atoms with Gasteiger partial charge in [-0.3, -0.25) is 0 Å². The van der Waals surface area contributed by atoms with Crippen molar-refractivity contribution >= 4 is 24.4 Å². The summed E-state index contributed by atoms with van der Waals surface area (Å²) in [5.41, 5.74) is -0.0684. The van der Waals surface area contributed by atoms with Crippen LogP contribution in [0.5, 0.6) is 0 Å². The minimum atomic E-state index is -0.445. The first-order valence-corrected chi connectivity index (χ1v) is 10.6. The predicted octanol–water partition coefficient (Wildman–Crippen LogP) is 4.60. The van der Waals surface area contributed by atoms with Crippen molar-refractivity contribution in [2.75, 3.05) is 12.8 Å². The molecule has 2 aromatic carbocycles. The van der Waals surface area contributed by atoms with Crippen molar-refractivity contribution in [2.45, 2.75) is 33.7 Å². The lowest BCUT2D eigenvalue weighted by molar-refractivity contribution is 0.266. The summed E-state index contributed by atoms with van der Waals surface area (Å²) < 4.78 is 6.02. The first-order valence-electron chi connectivity index (χ1n) is 9.06. The third-order valence-electron chi connectivity index (χ3n) is 4.71. The van der Waals surface area contributed by atoms with E-state index >= 15 is 0 Å². The zero-order valence-electron chi connectivity index (χ0n) is 15.6. The molecule has 0 aliphatic carbocycles. The van der Waals surface area contributed by atoms with Gasteiger partial charge in [-0.1, -0.05) is 88.4 Å². The molecule has 25 heavy (non-hydrogen) atoms. The van der Waals surface area contributed by atoms with Crippen LogP contribution in [-0.2, 0) is 4.74 Å². The molecular weight excluding hydrogens is 325 g/mol. The lowest BCUT2D eigenvalue weighted by atomic mass is 9.96. The number of ether oxygens (including phenoxy) is 1. The summed E-state index contributed by atoms with van der Waals surface area (Å²) in [5, 5.41) is 2.83. The molecule has 0 aromatic heterocycles. The third kappa shape index (κ3) is 4.30. The maximum Gasteiger partial charge on any atom is 0.189 e. The fourth-order valence-corrected chi connectivity index (χ4v) is 5.76. The van der Waals surface area contributed by atoms with Crippen LogP contribution >= 0.6 is 7.92 Å². The molecule has 0 spiro atoms. The van der Waals surface area contributed by atoms with Crippen molar-refractivity contribution in [3.05, 3.63) is 60.7 Å². The third-order valence-corrected chi connectivity index (χ3v) is 7.66. The Hall–Kier alpha value is -1.66. The predicted molar refractivity (Wildman–Crippen MR) is 110 cm³/mol. The topological polar surface area (TPSA) is 21.6 Å². The Bertz CT molecular complexity index is 670. The van der Waals surface area contributed by atoms with Crippen molar-refractivity contribution in [1.82, 2.24) is 0 Å². The summed E-state index contributed by atoms with van der Waals surface area (Å²) in [4.78, 5) is 4.90. The molecule has 132 valence electrons. The largest absolute Gasteiger partial charge is 0.478 e. The summed E-state index contributed by atoms with van der Waals surface area (Å²) in [6.45, 7) is 9.71. The molecule has 0 amide bonds.